The van der Waals surface area contributed by atoms with Crippen molar-refractivity contribution in [3.05, 3.63) is 12.2 Å². The second-order valence-corrected chi connectivity index (χ2v) is 3.67. The van der Waals surface area contributed by atoms with E-state index in [2.05, 4.69) is 25.3 Å². The van der Waals surface area contributed by atoms with E-state index < -0.39 is 0 Å². The molecule has 0 aromatic rings. The van der Waals surface area contributed by atoms with E-state index in [4.69, 9.17) is 0 Å². The summed E-state index contributed by atoms with van der Waals surface area (Å²) in [5.41, 5.74) is 0. The summed E-state index contributed by atoms with van der Waals surface area (Å²) in [6, 6.07) is 0. The van der Waals surface area contributed by atoms with Crippen molar-refractivity contribution in [3.8, 4) is 0 Å². The van der Waals surface area contributed by atoms with Gasteiger partial charge in [0.1, 0.15) is 0 Å². The molecule has 52 valence electrons. The largest absolute Gasteiger partial charge is 0.165 e. The van der Waals surface area contributed by atoms with Crippen molar-refractivity contribution in [2.75, 3.05) is 12.0 Å². The fourth-order valence-electron chi connectivity index (χ4n) is 1.24. The number of hydrogen-bond donors (Lipinski definition) is 0. The van der Waals surface area contributed by atoms with E-state index >= 15 is 0 Å². The van der Waals surface area contributed by atoms with E-state index in [0.29, 0.717) is 0 Å². The zero-order valence-electron chi connectivity index (χ0n) is 6.13. The molecule has 1 rings (SSSR count). The summed E-state index contributed by atoms with van der Waals surface area (Å²) in [5, 5.41) is 0. The van der Waals surface area contributed by atoms with Crippen molar-refractivity contribution in [3.63, 3.8) is 0 Å². The van der Waals surface area contributed by atoms with Gasteiger partial charge in [0.2, 0.25) is 0 Å². The van der Waals surface area contributed by atoms with Crippen LogP contribution in [0.4, 0.5) is 0 Å². The molecule has 9 heavy (non-hydrogen) atoms. The van der Waals surface area contributed by atoms with Crippen LogP contribution < -0.4 is 0 Å². The molecule has 0 nitrogen and oxygen atoms in total. The fourth-order valence-corrected chi connectivity index (χ4v) is 2.07. The molecule has 0 aromatic carbocycles. The first-order chi connectivity index (χ1) is 4.34. The van der Waals surface area contributed by atoms with E-state index in [1.165, 1.54) is 12.2 Å². The predicted octanol–water partition coefficient (Wildman–Crippen LogP) is 2.56. The lowest BCUT2D eigenvalue weighted by molar-refractivity contribution is 0.505. The van der Waals surface area contributed by atoms with Gasteiger partial charge in [-0.1, -0.05) is 19.1 Å². The summed E-state index contributed by atoms with van der Waals surface area (Å²) in [7, 11) is 0. The van der Waals surface area contributed by atoms with Gasteiger partial charge in [0.15, 0.2) is 0 Å². The molecule has 1 heteroatoms. The highest BCUT2D eigenvalue weighted by Gasteiger charge is 2.16. The molecule has 0 fully saturated rings. The van der Waals surface area contributed by atoms with E-state index in [9.17, 15) is 0 Å². The Hall–Kier alpha value is 0.0900. The lowest BCUT2D eigenvalue weighted by atomic mass is 10.0. The maximum Gasteiger partial charge on any atom is -0.000457 e. The molecular formula is C8H14S. The van der Waals surface area contributed by atoms with Crippen molar-refractivity contribution in [2.24, 2.45) is 11.8 Å². The zero-order chi connectivity index (χ0) is 6.69. The van der Waals surface area contributed by atoms with Crippen molar-refractivity contribution in [1.29, 1.82) is 0 Å². The third kappa shape index (κ3) is 1.75. The minimum Gasteiger partial charge on any atom is -0.165 e. The van der Waals surface area contributed by atoms with Crippen molar-refractivity contribution in [2.45, 2.75) is 13.3 Å². The summed E-state index contributed by atoms with van der Waals surface area (Å²) in [6.45, 7) is 2.33. The Bertz CT molecular complexity index is 107. The van der Waals surface area contributed by atoms with Crippen LogP contribution in [0.3, 0.4) is 0 Å². The monoisotopic (exact) mass is 142 g/mol. The Balaban J connectivity index is 2.31. The van der Waals surface area contributed by atoms with Crippen LogP contribution in [-0.2, 0) is 0 Å². The molecule has 0 saturated heterocycles. The number of allylic oxidation sites excluding steroid dienone is 2. The Morgan fingerprint density at radius 3 is 2.89 bits per heavy atom. The van der Waals surface area contributed by atoms with Gasteiger partial charge in [0.05, 0.1) is 0 Å². The first-order valence-electron chi connectivity index (χ1n) is 3.50. The van der Waals surface area contributed by atoms with Crippen LogP contribution in [0, 0.1) is 11.8 Å². The third-order valence-corrected chi connectivity index (χ3v) is 2.70. The molecule has 0 radical (unpaired) electrons. The summed E-state index contributed by atoms with van der Waals surface area (Å²) in [4.78, 5) is 0. The normalized spacial score (nSPS) is 33.6. The lowest BCUT2D eigenvalue weighted by Gasteiger charge is -2.11. The first-order valence-corrected chi connectivity index (χ1v) is 4.89. The Kier molecular flexibility index (Phi) is 2.65. The van der Waals surface area contributed by atoms with Crippen LogP contribution in [0.15, 0.2) is 12.2 Å². The third-order valence-electron chi connectivity index (χ3n) is 1.98. The highest BCUT2D eigenvalue weighted by Crippen LogP contribution is 2.26. The molecule has 0 aromatic heterocycles. The van der Waals surface area contributed by atoms with Gasteiger partial charge in [0, 0.05) is 0 Å². The number of hydrogen-bond acceptors (Lipinski definition) is 1. The first kappa shape index (κ1) is 7.20. The van der Waals surface area contributed by atoms with E-state index in [0.717, 1.165) is 11.8 Å². The molecular weight excluding hydrogens is 128 g/mol. The molecule has 0 aliphatic heterocycles. The van der Waals surface area contributed by atoms with Crippen LogP contribution in [-0.4, -0.2) is 12.0 Å². The van der Waals surface area contributed by atoms with Gasteiger partial charge in [-0.15, -0.1) is 0 Å². The molecule has 0 bridgehead atoms. The average Bonchev–Trinajstić information content (AvgIpc) is 2.18. The summed E-state index contributed by atoms with van der Waals surface area (Å²) in [5.74, 6) is 3.06. The zero-order valence-corrected chi connectivity index (χ0v) is 6.95. The van der Waals surface area contributed by atoms with Crippen LogP contribution >= 0.6 is 11.8 Å². The van der Waals surface area contributed by atoms with Crippen LogP contribution in [0.1, 0.15) is 13.3 Å². The van der Waals surface area contributed by atoms with Gasteiger partial charge < -0.3 is 0 Å². The number of rotatable bonds is 2. The van der Waals surface area contributed by atoms with Crippen molar-refractivity contribution in [1.82, 2.24) is 0 Å². The van der Waals surface area contributed by atoms with Gasteiger partial charge >= 0.3 is 0 Å². The standard InChI is InChI=1S/C8H14S/c1-7-4-3-5-8(7)6-9-2/h3,5,7-8H,4,6H2,1-2H3. The maximum absolute atomic E-state index is 2.36. The molecule has 0 saturated carbocycles. The van der Waals surface area contributed by atoms with Gasteiger partial charge in [0.25, 0.3) is 0 Å². The fraction of sp³-hybridized carbons (Fsp3) is 0.750. The van der Waals surface area contributed by atoms with E-state index in [1.807, 2.05) is 11.8 Å². The molecule has 0 amide bonds. The van der Waals surface area contributed by atoms with Gasteiger partial charge in [-0.05, 0) is 30.3 Å². The summed E-state index contributed by atoms with van der Waals surface area (Å²) < 4.78 is 0. The SMILES string of the molecule is CSCC1C=CCC1C. The van der Waals surface area contributed by atoms with Gasteiger partial charge in [-0.25, -0.2) is 0 Å². The number of thioether (sulfide) groups is 1. The molecule has 1 aliphatic carbocycles. The second kappa shape index (κ2) is 3.31. The van der Waals surface area contributed by atoms with Crippen molar-refractivity contribution < 1.29 is 0 Å². The van der Waals surface area contributed by atoms with Gasteiger partial charge in [-0.2, -0.15) is 11.8 Å². The molecule has 2 atom stereocenters. The minimum absolute atomic E-state index is 0.861. The topological polar surface area (TPSA) is 0 Å². The highest BCUT2D eigenvalue weighted by atomic mass is 32.2. The van der Waals surface area contributed by atoms with Gasteiger partial charge in [-0.3, -0.25) is 0 Å². The minimum atomic E-state index is 0.861. The summed E-state index contributed by atoms with van der Waals surface area (Å²) in [6.07, 6.45) is 8.15. The average molecular weight is 142 g/mol. The predicted molar refractivity (Wildman–Crippen MR) is 44.8 cm³/mol. The smallest absolute Gasteiger partial charge is 0.000457 e. The lowest BCUT2D eigenvalue weighted by Crippen LogP contribution is -2.05. The molecule has 0 spiro atoms. The molecule has 0 heterocycles. The summed E-state index contributed by atoms with van der Waals surface area (Å²) >= 11 is 1.95. The molecule has 1 aliphatic rings. The molecule has 2 unspecified atom stereocenters. The van der Waals surface area contributed by atoms with Crippen molar-refractivity contribution >= 4 is 11.8 Å². The highest BCUT2D eigenvalue weighted by molar-refractivity contribution is 7.98. The maximum atomic E-state index is 2.36. The Morgan fingerprint density at radius 2 is 2.44 bits per heavy atom. The quantitative estimate of drug-likeness (QED) is 0.534. The molecule has 0 N–H and O–H groups in total. The van der Waals surface area contributed by atoms with E-state index in [1.54, 1.807) is 0 Å². The Morgan fingerprint density at radius 1 is 1.67 bits per heavy atom. The van der Waals surface area contributed by atoms with Crippen LogP contribution in [0.2, 0.25) is 0 Å². The Labute approximate surface area is 61.7 Å². The van der Waals surface area contributed by atoms with E-state index in [-0.39, 0.29) is 0 Å². The van der Waals surface area contributed by atoms with Crippen LogP contribution in [0.5, 0.6) is 0 Å². The van der Waals surface area contributed by atoms with Crippen LogP contribution in [0.25, 0.3) is 0 Å². The second-order valence-electron chi connectivity index (χ2n) is 2.76.